The summed E-state index contributed by atoms with van der Waals surface area (Å²) in [5, 5.41) is 12.0. The highest BCUT2D eigenvalue weighted by atomic mass is 16.2. The molecule has 20 heavy (non-hydrogen) atoms. The molecule has 0 aliphatic carbocycles. The summed E-state index contributed by atoms with van der Waals surface area (Å²) in [5.74, 6) is 0.460. The van der Waals surface area contributed by atoms with Crippen LogP contribution in [0.15, 0.2) is 21.9 Å². The second kappa shape index (κ2) is 6.27. The highest BCUT2D eigenvalue weighted by molar-refractivity contribution is 4.90. The van der Waals surface area contributed by atoms with Gasteiger partial charge in [-0.25, -0.2) is 4.79 Å². The van der Waals surface area contributed by atoms with Crippen molar-refractivity contribution in [1.29, 1.82) is 0 Å². The molecule has 0 radical (unpaired) electrons. The zero-order valence-electron chi connectivity index (χ0n) is 11.7. The minimum Gasteiger partial charge on any atom is -0.293 e. The Hall–Kier alpha value is -2.25. The molecule has 108 valence electrons. The molecule has 0 atom stereocenters. The van der Waals surface area contributed by atoms with Gasteiger partial charge in [-0.1, -0.05) is 13.8 Å². The molecular weight excluding hydrogens is 260 g/mol. The van der Waals surface area contributed by atoms with E-state index in [1.165, 1.54) is 26.2 Å². The van der Waals surface area contributed by atoms with Crippen LogP contribution in [0, 0.1) is 0 Å². The molecule has 0 saturated heterocycles. The van der Waals surface area contributed by atoms with Gasteiger partial charge >= 0.3 is 5.69 Å². The van der Waals surface area contributed by atoms with Crippen molar-refractivity contribution in [3.63, 3.8) is 0 Å². The van der Waals surface area contributed by atoms with Crippen molar-refractivity contribution in [2.75, 3.05) is 0 Å². The van der Waals surface area contributed by atoms with Crippen molar-refractivity contribution in [2.45, 2.75) is 46.3 Å². The molecule has 0 unspecified atom stereocenters. The molecule has 0 fully saturated rings. The Morgan fingerprint density at radius 2 is 1.90 bits per heavy atom. The van der Waals surface area contributed by atoms with Crippen LogP contribution < -0.4 is 11.2 Å². The average Bonchev–Trinajstić information content (AvgIpc) is 2.86. The smallest absolute Gasteiger partial charge is 0.293 e. The van der Waals surface area contributed by atoms with Gasteiger partial charge in [0.05, 0.1) is 13.1 Å². The van der Waals surface area contributed by atoms with Crippen LogP contribution in [0.4, 0.5) is 0 Å². The molecule has 0 N–H and O–H groups in total. The topological polar surface area (TPSA) is 87.6 Å². The first kappa shape index (κ1) is 14.2. The molecule has 8 nitrogen and oxygen atoms in total. The molecule has 2 aromatic heterocycles. The van der Waals surface area contributed by atoms with E-state index in [0.29, 0.717) is 18.9 Å². The lowest BCUT2D eigenvalue weighted by atomic mass is 10.4. The van der Waals surface area contributed by atoms with Gasteiger partial charge in [0.25, 0.3) is 5.56 Å². The number of hydrogen-bond acceptors (Lipinski definition) is 5. The van der Waals surface area contributed by atoms with E-state index >= 15 is 0 Å². The number of tetrazole rings is 1. The normalized spacial score (nSPS) is 10.9. The van der Waals surface area contributed by atoms with E-state index in [0.717, 1.165) is 12.8 Å². The van der Waals surface area contributed by atoms with Crippen LogP contribution in [0.1, 0.15) is 32.5 Å². The van der Waals surface area contributed by atoms with Crippen LogP contribution in [-0.2, 0) is 19.6 Å². The van der Waals surface area contributed by atoms with Crippen LogP contribution in [0.3, 0.4) is 0 Å². The fourth-order valence-corrected chi connectivity index (χ4v) is 1.89. The summed E-state index contributed by atoms with van der Waals surface area (Å²) < 4.78 is 2.64. The summed E-state index contributed by atoms with van der Waals surface area (Å²) in [6.45, 7) is 5.26. The van der Waals surface area contributed by atoms with Gasteiger partial charge in [-0.3, -0.25) is 13.9 Å². The molecule has 2 aromatic rings. The first-order chi connectivity index (χ1) is 9.65. The van der Waals surface area contributed by atoms with Crippen molar-refractivity contribution < 1.29 is 0 Å². The van der Waals surface area contributed by atoms with Crippen molar-refractivity contribution in [1.82, 2.24) is 29.3 Å². The van der Waals surface area contributed by atoms with Crippen molar-refractivity contribution in [2.24, 2.45) is 0 Å². The van der Waals surface area contributed by atoms with Gasteiger partial charge in [0.1, 0.15) is 0 Å². The number of aryl methyl sites for hydroxylation is 1. The van der Waals surface area contributed by atoms with E-state index in [1.54, 1.807) is 0 Å². The maximum atomic E-state index is 12.2. The first-order valence-electron chi connectivity index (χ1n) is 6.72. The van der Waals surface area contributed by atoms with Gasteiger partial charge in [-0.05, 0) is 18.1 Å². The molecule has 0 aliphatic heterocycles. The van der Waals surface area contributed by atoms with Gasteiger partial charge in [-0.2, -0.15) is 4.80 Å². The highest BCUT2D eigenvalue weighted by Crippen LogP contribution is 1.92. The molecule has 0 aliphatic rings. The highest BCUT2D eigenvalue weighted by Gasteiger charge is 2.08. The molecule has 2 rings (SSSR count). The van der Waals surface area contributed by atoms with Crippen molar-refractivity contribution in [3.05, 3.63) is 38.9 Å². The summed E-state index contributed by atoms with van der Waals surface area (Å²) in [6.07, 6.45) is 3.11. The van der Waals surface area contributed by atoms with Crippen molar-refractivity contribution >= 4 is 0 Å². The first-order valence-corrected chi connectivity index (χ1v) is 6.72. The largest absolute Gasteiger partial charge is 0.331 e. The summed E-state index contributed by atoms with van der Waals surface area (Å²) in [7, 11) is 0. The number of rotatable bonds is 6. The third-order valence-electron chi connectivity index (χ3n) is 2.82. The third-order valence-corrected chi connectivity index (χ3v) is 2.82. The minimum absolute atomic E-state index is 0.215. The van der Waals surface area contributed by atoms with Crippen LogP contribution in [-0.4, -0.2) is 29.3 Å². The Morgan fingerprint density at radius 1 is 1.15 bits per heavy atom. The Kier molecular flexibility index (Phi) is 4.44. The van der Waals surface area contributed by atoms with Gasteiger partial charge in [-0.15, -0.1) is 10.2 Å². The number of nitrogens with zero attached hydrogens (tertiary/aromatic N) is 6. The van der Waals surface area contributed by atoms with Crippen LogP contribution in [0.5, 0.6) is 0 Å². The van der Waals surface area contributed by atoms with Gasteiger partial charge < -0.3 is 0 Å². The van der Waals surface area contributed by atoms with Crippen LogP contribution >= 0.6 is 0 Å². The zero-order chi connectivity index (χ0) is 14.5. The van der Waals surface area contributed by atoms with Crippen LogP contribution in [0.2, 0.25) is 0 Å². The monoisotopic (exact) mass is 278 g/mol. The quantitative estimate of drug-likeness (QED) is 0.734. The molecule has 0 spiro atoms. The van der Waals surface area contributed by atoms with Gasteiger partial charge in [0.15, 0.2) is 5.82 Å². The van der Waals surface area contributed by atoms with E-state index < -0.39 is 0 Å². The fourth-order valence-electron chi connectivity index (χ4n) is 1.89. The molecule has 8 heteroatoms. The summed E-state index contributed by atoms with van der Waals surface area (Å²) in [5.41, 5.74) is -0.623. The lowest BCUT2D eigenvalue weighted by Crippen LogP contribution is -2.39. The lowest BCUT2D eigenvalue weighted by molar-refractivity contribution is 0.510. The van der Waals surface area contributed by atoms with Crippen molar-refractivity contribution in [3.8, 4) is 0 Å². The van der Waals surface area contributed by atoms with E-state index in [4.69, 9.17) is 0 Å². The second-order valence-electron chi connectivity index (χ2n) is 4.52. The molecule has 0 saturated carbocycles. The molecule has 0 amide bonds. The minimum atomic E-state index is -0.341. The maximum absolute atomic E-state index is 12.2. The summed E-state index contributed by atoms with van der Waals surface area (Å²) in [4.78, 5) is 25.3. The van der Waals surface area contributed by atoms with E-state index in [1.807, 2.05) is 13.8 Å². The molecule has 2 heterocycles. The number of hydrogen-bond donors (Lipinski definition) is 0. The lowest BCUT2D eigenvalue weighted by Gasteiger charge is -2.06. The molecule has 0 bridgehead atoms. The third kappa shape index (κ3) is 3.01. The predicted molar refractivity (Wildman–Crippen MR) is 72.5 cm³/mol. The SMILES string of the molecule is CCCn1nnc(Cn2ccc(=O)n(CCC)c2=O)n1. The average molecular weight is 278 g/mol. The fraction of sp³-hybridized carbons (Fsp3) is 0.583. The van der Waals surface area contributed by atoms with E-state index in [2.05, 4.69) is 15.4 Å². The summed E-state index contributed by atoms with van der Waals surface area (Å²) >= 11 is 0. The van der Waals surface area contributed by atoms with Crippen LogP contribution in [0.25, 0.3) is 0 Å². The summed E-state index contributed by atoms with van der Waals surface area (Å²) in [6, 6.07) is 1.38. The standard InChI is InChI=1S/C12H18N6O2/c1-3-6-17-11(19)5-8-16(12(17)20)9-10-13-15-18(14-10)7-4-2/h5,8H,3-4,6-7,9H2,1-2H3. The maximum Gasteiger partial charge on any atom is 0.331 e. The Morgan fingerprint density at radius 3 is 2.60 bits per heavy atom. The molecular formula is C12H18N6O2. The van der Waals surface area contributed by atoms with E-state index in [-0.39, 0.29) is 17.8 Å². The van der Waals surface area contributed by atoms with Gasteiger partial charge in [0, 0.05) is 18.8 Å². The van der Waals surface area contributed by atoms with Gasteiger partial charge in [0.2, 0.25) is 0 Å². The zero-order valence-corrected chi connectivity index (χ0v) is 11.7. The predicted octanol–water partition coefficient (Wildman–Crippen LogP) is -0.135. The molecule has 0 aromatic carbocycles. The number of aromatic nitrogens is 6. The second-order valence-corrected chi connectivity index (χ2v) is 4.52. The Bertz CT molecular complexity index is 684. The Balaban J connectivity index is 2.27. The Labute approximate surface area is 115 Å². The van der Waals surface area contributed by atoms with E-state index in [9.17, 15) is 9.59 Å².